The summed E-state index contributed by atoms with van der Waals surface area (Å²) < 4.78 is 0. The first-order chi connectivity index (χ1) is 7.70. The summed E-state index contributed by atoms with van der Waals surface area (Å²) in [6.45, 7) is 3.72. The van der Waals surface area contributed by atoms with Crippen LogP contribution in [0.2, 0.25) is 0 Å². The summed E-state index contributed by atoms with van der Waals surface area (Å²) in [5.74, 6) is 0.384. The number of aliphatic hydroxyl groups is 1. The molecule has 1 fully saturated rings. The van der Waals surface area contributed by atoms with E-state index in [2.05, 4.69) is 0 Å². The number of carbonyl (C=O) groups excluding carboxylic acids is 1. The first-order valence-corrected chi connectivity index (χ1v) is 6.49. The van der Waals surface area contributed by atoms with Crippen molar-refractivity contribution in [2.75, 3.05) is 19.7 Å². The molecule has 4 heteroatoms. The molecule has 2 heterocycles. The number of likely N-dealkylation sites (tertiary alicyclic amines) is 1. The molecule has 1 aliphatic heterocycles. The predicted molar refractivity (Wildman–Crippen MR) is 64.8 cm³/mol. The molecule has 1 amide bonds. The molecule has 1 atom stereocenters. The molecular formula is C12H17NO2S. The minimum absolute atomic E-state index is 0.122. The number of hydrogen-bond donors (Lipinski definition) is 1. The van der Waals surface area contributed by atoms with Crippen molar-refractivity contribution in [2.45, 2.75) is 19.8 Å². The second kappa shape index (κ2) is 4.97. The van der Waals surface area contributed by atoms with Crippen LogP contribution in [0.25, 0.3) is 0 Å². The molecule has 16 heavy (non-hydrogen) atoms. The summed E-state index contributed by atoms with van der Waals surface area (Å²) in [6, 6.07) is 3.87. The summed E-state index contributed by atoms with van der Waals surface area (Å²) in [6.07, 6.45) is 2.03. The van der Waals surface area contributed by atoms with Gasteiger partial charge in [-0.15, -0.1) is 11.3 Å². The topological polar surface area (TPSA) is 40.5 Å². The van der Waals surface area contributed by atoms with Crippen LogP contribution in [-0.4, -0.2) is 35.6 Å². The number of rotatable bonds is 2. The predicted octanol–water partition coefficient (Wildman–Crippen LogP) is 1.90. The molecule has 3 nitrogen and oxygen atoms in total. The fourth-order valence-corrected chi connectivity index (χ4v) is 2.94. The van der Waals surface area contributed by atoms with E-state index in [9.17, 15) is 4.79 Å². The zero-order chi connectivity index (χ0) is 11.5. The lowest BCUT2D eigenvalue weighted by Gasteiger charge is -2.31. The van der Waals surface area contributed by atoms with Crippen molar-refractivity contribution in [2.24, 2.45) is 5.92 Å². The molecule has 0 saturated carbocycles. The van der Waals surface area contributed by atoms with Gasteiger partial charge < -0.3 is 10.0 Å². The van der Waals surface area contributed by atoms with Gasteiger partial charge in [-0.2, -0.15) is 0 Å². The van der Waals surface area contributed by atoms with Gasteiger partial charge in [0.25, 0.3) is 5.91 Å². The Kier molecular flexibility index (Phi) is 3.61. The zero-order valence-corrected chi connectivity index (χ0v) is 10.3. The van der Waals surface area contributed by atoms with E-state index in [-0.39, 0.29) is 18.4 Å². The van der Waals surface area contributed by atoms with E-state index in [1.54, 1.807) is 11.3 Å². The number of amides is 1. The molecule has 1 aromatic rings. The van der Waals surface area contributed by atoms with Crippen molar-refractivity contribution in [1.29, 1.82) is 0 Å². The molecule has 0 radical (unpaired) electrons. The molecule has 1 saturated heterocycles. The smallest absolute Gasteiger partial charge is 0.263 e. The van der Waals surface area contributed by atoms with Gasteiger partial charge in [0.2, 0.25) is 0 Å². The number of piperidine rings is 1. The highest BCUT2D eigenvalue weighted by molar-refractivity contribution is 7.13. The maximum Gasteiger partial charge on any atom is 0.263 e. The Hall–Kier alpha value is -0.870. The minimum atomic E-state index is 0.122. The quantitative estimate of drug-likeness (QED) is 0.856. The van der Waals surface area contributed by atoms with Gasteiger partial charge in [-0.25, -0.2) is 0 Å². The second-order valence-corrected chi connectivity index (χ2v) is 5.64. The van der Waals surface area contributed by atoms with Crippen LogP contribution < -0.4 is 0 Å². The highest BCUT2D eigenvalue weighted by Gasteiger charge is 2.24. The van der Waals surface area contributed by atoms with Gasteiger partial charge in [-0.3, -0.25) is 4.79 Å². The van der Waals surface area contributed by atoms with Crippen molar-refractivity contribution in [3.05, 3.63) is 21.9 Å². The van der Waals surface area contributed by atoms with Gasteiger partial charge in [0, 0.05) is 24.6 Å². The van der Waals surface area contributed by atoms with E-state index in [4.69, 9.17) is 5.11 Å². The first-order valence-electron chi connectivity index (χ1n) is 5.67. The summed E-state index contributed by atoms with van der Waals surface area (Å²) in [5, 5.41) is 9.13. The second-order valence-electron chi connectivity index (χ2n) is 4.35. The monoisotopic (exact) mass is 239 g/mol. The summed E-state index contributed by atoms with van der Waals surface area (Å²) >= 11 is 1.54. The summed E-state index contributed by atoms with van der Waals surface area (Å²) in [4.78, 5) is 16.0. The Morgan fingerprint density at radius 2 is 2.44 bits per heavy atom. The van der Waals surface area contributed by atoms with Crippen molar-refractivity contribution in [3.63, 3.8) is 0 Å². The molecule has 1 N–H and O–H groups in total. The largest absolute Gasteiger partial charge is 0.396 e. The van der Waals surface area contributed by atoms with Crippen LogP contribution in [0, 0.1) is 12.8 Å². The van der Waals surface area contributed by atoms with E-state index < -0.39 is 0 Å². The highest BCUT2D eigenvalue weighted by atomic mass is 32.1. The third-order valence-corrected chi connectivity index (χ3v) is 4.00. The lowest BCUT2D eigenvalue weighted by atomic mass is 9.99. The van der Waals surface area contributed by atoms with Crippen molar-refractivity contribution < 1.29 is 9.90 Å². The number of carbonyl (C=O) groups is 1. The number of nitrogens with zero attached hydrogens (tertiary/aromatic N) is 1. The summed E-state index contributed by atoms with van der Waals surface area (Å²) in [5.41, 5.74) is 0. The van der Waals surface area contributed by atoms with Crippen LogP contribution >= 0.6 is 11.3 Å². The zero-order valence-electron chi connectivity index (χ0n) is 9.48. The van der Waals surface area contributed by atoms with Gasteiger partial charge in [-0.05, 0) is 37.8 Å². The van der Waals surface area contributed by atoms with E-state index in [0.717, 1.165) is 24.3 Å². The van der Waals surface area contributed by atoms with Crippen LogP contribution in [0.5, 0.6) is 0 Å². The minimum Gasteiger partial charge on any atom is -0.396 e. The van der Waals surface area contributed by atoms with Gasteiger partial charge in [0.15, 0.2) is 0 Å². The average Bonchev–Trinajstić information content (AvgIpc) is 2.75. The number of hydrogen-bond acceptors (Lipinski definition) is 3. The molecule has 0 bridgehead atoms. The van der Waals surface area contributed by atoms with E-state index >= 15 is 0 Å². The molecule has 1 aliphatic rings. The van der Waals surface area contributed by atoms with Gasteiger partial charge in [-0.1, -0.05) is 0 Å². The fourth-order valence-electron chi connectivity index (χ4n) is 2.10. The molecule has 0 aliphatic carbocycles. The van der Waals surface area contributed by atoms with Crippen LogP contribution in [0.15, 0.2) is 12.1 Å². The molecule has 2 rings (SSSR count). The molecule has 1 aromatic heterocycles. The lowest BCUT2D eigenvalue weighted by molar-refractivity contribution is 0.0625. The van der Waals surface area contributed by atoms with Crippen LogP contribution in [-0.2, 0) is 0 Å². The Balaban J connectivity index is 2.04. The van der Waals surface area contributed by atoms with Crippen LogP contribution in [0.1, 0.15) is 27.4 Å². The third-order valence-electron chi connectivity index (χ3n) is 3.02. The lowest BCUT2D eigenvalue weighted by Crippen LogP contribution is -2.40. The molecular weight excluding hydrogens is 222 g/mol. The van der Waals surface area contributed by atoms with Crippen LogP contribution in [0.4, 0.5) is 0 Å². The van der Waals surface area contributed by atoms with Gasteiger partial charge >= 0.3 is 0 Å². The van der Waals surface area contributed by atoms with E-state index in [0.29, 0.717) is 6.54 Å². The van der Waals surface area contributed by atoms with Crippen molar-refractivity contribution >= 4 is 17.2 Å². The van der Waals surface area contributed by atoms with Crippen molar-refractivity contribution in [3.8, 4) is 0 Å². The Bertz CT molecular complexity index is 375. The fraction of sp³-hybridized carbons (Fsp3) is 0.583. The van der Waals surface area contributed by atoms with Gasteiger partial charge in [0.1, 0.15) is 0 Å². The number of aliphatic hydroxyl groups excluding tert-OH is 1. The molecule has 0 spiro atoms. The number of thiophene rings is 1. The standard InChI is InChI=1S/C12H17NO2S/c1-9-4-5-11(16-9)12(15)13-6-2-3-10(7-13)8-14/h4-5,10,14H,2-3,6-8H2,1H3. The van der Waals surface area contributed by atoms with Crippen LogP contribution in [0.3, 0.4) is 0 Å². The summed E-state index contributed by atoms with van der Waals surface area (Å²) in [7, 11) is 0. The third kappa shape index (κ3) is 2.44. The molecule has 88 valence electrons. The SMILES string of the molecule is Cc1ccc(C(=O)N2CCCC(CO)C2)s1. The van der Waals surface area contributed by atoms with Crippen molar-refractivity contribution in [1.82, 2.24) is 4.90 Å². The normalized spacial score (nSPS) is 21.1. The Morgan fingerprint density at radius 1 is 1.62 bits per heavy atom. The van der Waals surface area contributed by atoms with Gasteiger partial charge in [0.05, 0.1) is 4.88 Å². The Morgan fingerprint density at radius 3 is 3.06 bits per heavy atom. The number of aryl methyl sites for hydroxylation is 1. The maximum atomic E-state index is 12.1. The highest BCUT2D eigenvalue weighted by Crippen LogP contribution is 2.21. The first kappa shape index (κ1) is 11.6. The maximum absolute atomic E-state index is 12.1. The van der Waals surface area contributed by atoms with E-state index in [1.165, 1.54) is 4.88 Å². The Labute approximate surface area is 99.7 Å². The van der Waals surface area contributed by atoms with E-state index in [1.807, 2.05) is 24.0 Å². The molecule has 1 unspecified atom stereocenters. The molecule has 0 aromatic carbocycles. The average molecular weight is 239 g/mol.